The Bertz CT molecular complexity index is 988. The molecule has 168 valence electrons. The molecule has 2 saturated heterocycles. The van der Waals surface area contributed by atoms with Crippen LogP contribution in [0.4, 0.5) is 21.9 Å². The number of carbonyl (C=O) groups is 1. The van der Waals surface area contributed by atoms with E-state index in [4.69, 9.17) is 4.74 Å². The van der Waals surface area contributed by atoms with Gasteiger partial charge in [-0.3, -0.25) is 0 Å². The van der Waals surface area contributed by atoms with E-state index in [-0.39, 0.29) is 6.03 Å². The van der Waals surface area contributed by atoms with Gasteiger partial charge in [0.2, 0.25) is 0 Å². The molecule has 2 heterocycles. The Labute approximate surface area is 189 Å². The third-order valence-electron chi connectivity index (χ3n) is 6.21. The number of nitrogens with one attached hydrogen (secondary N) is 1. The number of para-hydroxylation sites is 1. The van der Waals surface area contributed by atoms with E-state index < -0.39 is 0 Å². The molecule has 0 spiro atoms. The molecule has 1 N–H and O–H groups in total. The van der Waals surface area contributed by atoms with Crippen molar-refractivity contribution in [3.63, 3.8) is 0 Å². The van der Waals surface area contributed by atoms with E-state index in [1.807, 2.05) is 47.4 Å². The van der Waals surface area contributed by atoms with E-state index in [1.54, 1.807) is 7.11 Å². The van der Waals surface area contributed by atoms with Gasteiger partial charge in [0.15, 0.2) is 0 Å². The fraction of sp³-hybridized carbons (Fsp3) is 0.417. The molecule has 0 bridgehead atoms. The van der Waals surface area contributed by atoms with Crippen LogP contribution < -0.4 is 19.9 Å². The minimum absolute atomic E-state index is 0.104. The molecule has 2 aromatic carbocycles. The SMILES string of the molecule is COc1ccc(NC(=O)N2CCN(c3ccccc3C#N)CC2)cc1N1CCN(C)CC1. The number of amides is 2. The highest BCUT2D eigenvalue weighted by molar-refractivity contribution is 5.90. The first-order chi connectivity index (χ1) is 15.6. The van der Waals surface area contributed by atoms with Gasteiger partial charge >= 0.3 is 6.03 Å². The van der Waals surface area contributed by atoms with Gasteiger partial charge in [0.25, 0.3) is 0 Å². The molecule has 2 aromatic rings. The predicted octanol–water partition coefficient (Wildman–Crippen LogP) is 2.67. The van der Waals surface area contributed by atoms with Crippen LogP contribution in [0.2, 0.25) is 0 Å². The first-order valence-electron chi connectivity index (χ1n) is 11.0. The van der Waals surface area contributed by atoms with Crippen LogP contribution in [-0.4, -0.2) is 82.3 Å². The number of urea groups is 1. The van der Waals surface area contributed by atoms with Crippen molar-refractivity contribution in [1.29, 1.82) is 5.26 Å². The van der Waals surface area contributed by atoms with Gasteiger partial charge in [-0.2, -0.15) is 5.26 Å². The van der Waals surface area contributed by atoms with E-state index in [2.05, 4.69) is 33.1 Å². The normalized spacial score (nSPS) is 17.1. The second kappa shape index (κ2) is 9.79. The summed E-state index contributed by atoms with van der Waals surface area (Å²) < 4.78 is 5.57. The van der Waals surface area contributed by atoms with Crippen molar-refractivity contribution in [3.8, 4) is 11.8 Å². The molecule has 0 radical (unpaired) electrons. The van der Waals surface area contributed by atoms with Crippen LogP contribution >= 0.6 is 0 Å². The van der Waals surface area contributed by atoms with Gasteiger partial charge < -0.3 is 29.7 Å². The molecule has 0 aromatic heterocycles. The number of carbonyl (C=O) groups excluding carboxylic acids is 1. The first-order valence-corrected chi connectivity index (χ1v) is 11.0. The van der Waals surface area contributed by atoms with Crippen LogP contribution in [0, 0.1) is 11.3 Å². The first kappa shape index (κ1) is 21.8. The lowest BCUT2D eigenvalue weighted by atomic mass is 10.1. The van der Waals surface area contributed by atoms with Gasteiger partial charge in [-0.1, -0.05) is 12.1 Å². The average Bonchev–Trinajstić information content (AvgIpc) is 2.84. The number of nitriles is 1. The van der Waals surface area contributed by atoms with Crippen LogP contribution in [0.3, 0.4) is 0 Å². The number of hydrogen-bond acceptors (Lipinski definition) is 6. The van der Waals surface area contributed by atoms with Crippen LogP contribution in [-0.2, 0) is 0 Å². The molecule has 8 nitrogen and oxygen atoms in total. The highest BCUT2D eigenvalue weighted by Gasteiger charge is 2.23. The number of anilines is 3. The number of likely N-dealkylation sites (N-methyl/N-ethyl adjacent to an activating group) is 1. The summed E-state index contributed by atoms with van der Waals surface area (Å²) >= 11 is 0. The molecule has 32 heavy (non-hydrogen) atoms. The van der Waals surface area contributed by atoms with Crippen molar-refractivity contribution in [2.24, 2.45) is 0 Å². The molecule has 0 unspecified atom stereocenters. The Kier molecular flexibility index (Phi) is 6.66. The number of rotatable bonds is 4. The van der Waals surface area contributed by atoms with E-state index in [0.29, 0.717) is 31.7 Å². The number of hydrogen-bond donors (Lipinski definition) is 1. The van der Waals surface area contributed by atoms with Gasteiger partial charge in [0.1, 0.15) is 11.8 Å². The summed E-state index contributed by atoms with van der Waals surface area (Å²) in [6.45, 7) is 6.45. The van der Waals surface area contributed by atoms with E-state index in [1.165, 1.54) is 0 Å². The summed E-state index contributed by atoms with van der Waals surface area (Å²) in [7, 11) is 3.81. The van der Waals surface area contributed by atoms with Crippen molar-refractivity contribution >= 4 is 23.1 Å². The Morgan fingerprint density at radius 3 is 2.28 bits per heavy atom. The molecule has 0 saturated carbocycles. The monoisotopic (exact) mass is 434 g/mol. The summed E-state index contributed by atoms with van der Waals surface area (Å²) in [5.41, 5.74) is 3.38. The van der Waals surface area contributed by atoms with Gasteiger partial charge in [-0.15, -0.1) is 0 Å². The molecule has 2 aliphatic rings. The number of methoxy groups -OCH3 is 1. The lowest BCUT2D eigenvalue weighted by Gasteiger charge is -2.36. The van der Waals surface area contributed by atoms with Gasteiger partial charge in [0, 0.05) is 58.0 Å². The van der Waals surface area contributed by atoms with Gasteiger partial charge in [-0.25, -0.2) is 4.79 Å². The van der Waals surface area contributed by atoms with E-state index >= 15 is 0 Å². The van der Waals surface area contributed by atoms with Crippen molar-refractivity contribution in [1.82, 2.24) is 9.80 Å². The molecule has 0 atom stereocenters. The standard InChI is InChI=1S/C24H30N6O2/c1-27-9-11-29(12-10-27)22-17-20(7-8-23(22)32-2)26-24(31)30-15-13-28(14-16-30)21-6-4-3-5-19(21)18-25/h3-8,17H,9-16H2,1-2H3,(H,26,31). The maximum atomic E-state index is 12.9. The zero-order chi connectivity index (χ0) is 22.5. The molecule has 4 rings (SSSR count). The lowest BCUT2D eigenvalue weighted by Crippen LogP contribution is -2.50. The summed E-state index contributed by atoms with van der Waals surface area (Å²) in [5.74, 6) is 0.817. The number of nitrogens with zero attached hydrogens (tertiary/aromatic N) is 5. The molecule has 2 fully saturated rings. The van der Waals surface area contributed by atoms with E-state index in [0.717, 1.165) is 49.0 Å². The molecule has 2 amide bonds. The third kappa shape index (κ3) is 4.73. The zero-order valence-corrected chi connectivity index (χ0v) is 18.8. The topological polar surface area (TPSA) is 75.1 Å². The van der Waals surface area contributed by atoms with Crippen LogP contribution in [0.5, 0.6) is 5.75 Å². The minimum atomic E-state index is -0.104. The summed E-state index contributed by atoms with van der Waals surface area (Å²) in [6, 6.07) is 15.6. The summed E-state index contributed by atoms with van der Waals surface area (Å²) in [4.78, 5) is 21.5. The number of benzene rings is 2. The Morgan fingerprint density at radius 2 is 1.59 bits per heavy atom. The van der Waals surface area contributed by atoms with Crippen molar-refractivity contribution in [2.45, 2.75) is 0 Å². The van der Waals surface area contributed by atoms with Crippen LogP contribution in [0.25, 0.3) is 0 Å². The maximum Gasteiger partial charge on any atom is 0.321 e. The largest absolute Gasteiger partial charge is 0.495 e. The zero-order valence-electron chi connectivity index (χ0n) is 18.8. The van der Waals surface area contributed by atoms with Crippen LogP contribution in [0.1, 0.15) is 5.56 Å². The highest BCUT2D eigenvalue weighted by atomic mass is 16.5. The van der Waals surface area contributed by atoms with E-state index in [9.17, 15) is 10.1 Å². The summed E-state index contributed by atoms with van der Waals surface area (Å²) in [6.07, 6.45) is 0. The van der Waals surface area contributed by atoms with Crippen molar-refractivity contribution in [3.05, 3.63) is 48.0 Å². The summed E-state index contributed by atoms with van der Waals surface area (Å²) in [5, 5.41) is 12.4. The third-order valence-corrected chi connectivity index (χ3v) is 6.21. The highest BCUT2D eigenvalue weighted by Crippen LogP contribution is 2.32. The lowest BCUT2D eigenvalue weighted by molar-refractivity contribution is 0.208. The van der Waals surface area contributed by atoms with Gasteiger partial charge in [-0.05, 0) is 37.4 Å². The molecule has 2 aliphatic heterocycles. The fourth-order valence-corrected chi connectivity index (χ4v) is 4.26. The van der Waals surface area contributed by atoms with Gasteiger partial charge in [0.05, 0.1) is 24.0 Å². The fourth-order valence-electron chi connectivity index (χ4n) is 4.26. The quantitative estimate of drug-likeness (QED) is 0.798. The number of ether oxygens (including phenoxy) is 1. The van der Waals surface area contributed by atoms with Crippen molar-refractivity contribution in [2.75, 3.05) is 81.6 Å². The molecular formula is C24H30N6O2. The minimum Gasteiger partial charge on any atom is -0.495 e. The smallest absolute Gasteiger partial charge is 0.321 e. The number of piperazine rings is 2. The predicted molar refractivity (Wildman–Crippen MR) is 127 cm³/mol. The Hall–Kier alpha value is -3.44. The molecule has 8 heteroatoms. The van der Waals surface area contributed by atoms with Crippen LogP contribution in [0.15, 0.2) is 42.5 Å². The maximum absolute atomic E-state index is 12.9. The molecule has 0 aliphatic carbocycles. The molecular weight excluding hydrogens is 404 g/mol. The Balaban J connectivity index is 1.39. The average molecular weight is 435 g/mol. The van der Waals surface area contributed by atoms with Crippen molar-refractivity contribution < 1.29 is 9.53 Å². The second-order valence-corrected chi connectivity index (χ2v) is 8.21. The second-order valence-electron chi connectivity index (χ2n) is 8.21. The Morgan fingerprint density at radius 1 is 0.938 bits per heavy atom.